The summed E-state index contributed by atoms with van der Waals surface area (Å²) in [6.45, 7) is 5.39. The Balaban J connectivity index is 1.52. The molecule has 0 unspecified atom stereocenters. The lowest BCUT2D eigenvalue weighted by atomic mass is 9.90. The summed E-state index contributed by atoms with van der Waals surface area (Å²) >= 11 is 0. The molecule has 2 aromatic carbocycles. The van der Waals surface area contributed by atoms with Crippen LogP contribution in [0.25, 0.3) is 0 Å². The fraction of sp³-hybridized carbons (Fsp3) is 0.478. The van der Waals surface area contributed by atoms with Gasteiger partial charge in [0.2, 0.25) is 0 Å². The molecule has 1 heterocycles. The minimum absolute atomic E-state index is 0.128. The topological polar surface area (TPSA) is 3.24 Å². The minimum Gasteiger partial charge on any atom is -0.367 e. The van der Waals surface area contributed by atoms with Crippen molar-refractivity contribution in [2.45, 2.75) is 51.9 Å². The van der Waals surface area contributed by atoms with E-state index in [0.29, 0.717) is 5.92 Å². The molecule has 0 N–H and O–H groups in total. The first-order valence-electron chi connectivity index (χ1n) is 9.82. The molecule has 0 spiro atoms. The van der Waals surface area contributed by atoms with Crippen molar-refractivity contribution in [1.82, 2.24) is 0 Å². The molecule has 1 aliphatic heterocycles. The van der Waals surface area contributed by atoms with Crippen LogP contribution in [0.1, 0.15) is 56.6 Å². The Hall–Kier alpha value is -1.90. The zero-order valence-corrected chi connectivity index (χ0v) is 15.8. The first kappa shape index (κ1) is 18.9. The Morgan fingerprint density at radius 1 is 1.00 bits per heavy atom. The monoisotopic (exact) mass is 357 g/mol. The van der Waals surface area contributed by atoms with Crippen molar-refractivity contribution < 1.29 is 8.78 Å². The fourth-order valence-corrected chi connectivity index (χ4v) is 3.91. The van der Waals surface area contributed by atoms with Crippen molar-refractivity contribution in [3.05, 3.63) is 65.2 Å². The number of piperidine rings is 1. The van der Waals surface area contributed by atoms with Crippen LogP contribution < -0.4 is 4.90 Å². The molecule has 1 saturated heterocycles. The molecule has 3 heteroatoms. The Morgan fingerprint density at radius 2 is 1.62 bits per heavy atom. The summed E-state index contributed by atoms with van der Waals surface area (Å²) in [6.07, 6.45) is 5.51. The standard InChI is InChI=1S/C23H29F2N/c1-17(2)20-15-21(24)23(22(25)16-20)26-13-11-19(12-14-26)10-6-9-18-7-4-3-5-8-18/h3-5,7-8,15-17,19H,6,9-14H2,1-2H3. The maximum atomic E-state index is 14.5. The van der Waals surface area contributed by atoms with Gasteiger partial charge in [-0.1, -0.05) is 44.2 Å². The molecule has 0 radical (unpaired) electrons. The van der Waals surface area contributed by atoms with E-state index in [-0.39, 0.29) is 11.6 Å². The Morgan fingerprint density at radius 3 is 2.19 bits per heavy atom. The third-order valence-corrected chi connectivity index (χ3v) is 5.56. The van der Waals surface area contributed by atoms with E-state index >= 15 is 0 Å². The van der Waals surface area contributed by atoms with E-state index in [9.17, 15) is 8.78 Å². The maximum absolute atomic E-state index is 14.5. The van der Waals surface area contributed by atoms with Gasteiger partial charge in [-0.15, -0.1) is 0 Å². The largest absolute Gasteiger partial charge is 0.367 e. The highest BCUT2D eigenvalue weighted by Crippen LogP contribution is 2.32. The van der Waals surface area contributed by atoms with Crippen molar-refractivity contribution in [1.29, 1.82) is 0 Å². The van der Waals surface area contributed by atoms with Crippen molar-refractivity contribution in [3.8, 4) is 0 Å². The van der Waals surface area contributed by atoms with Crippen LogP contribution in [0.5, 0.6) is 0 Å². The van der Waals surface area contributed by atoms with Gasteiger partial charge in [0, 0.05) is 13.1 Å². The molecule has 2 aromatic rings. The highest BCUT2D eigenvalue weighted by molar-refractivity contribution is 5.51. The summed E-state index contributed by atoms with van der Waals surface area (Å²) in [4.78, 5) is 1.89. The lowest BCUT2D eigenvalue weighted by Gasteiger charge is -2.34. The Kier molecular flexibility index (Phi) is 6.29. The molecule has 140 valence electrons. The second-order valence-corrected chi connectivity index (χ2v) is 7.80. The number of anilines is 1. The van der Waals surface area contributed by atoms with Crippen LogP contribution in [0.2, 0.25) is 0 Å². The summed E-state index contributed by atoms with van der Waals surface area (Å²) in [5.74, 6) is -0.0492. The molecular formula is C23H29F2N. The predicted molar refractivity (Wildman–Crippen MR) is 105 cm³/mol. The van der Waals surface area contributed by atoms with E-state index in [2.05, 4.69) is 24.3 Å². The molecule has 0 aromatic heterocycles. The number of hydrogen-bond donors (Lipinski definition) is 0. The normalized spacial score (nSPS) is 15.7. The lowest BCUT2D eigenvalue weighted by molar-refractivity contribution is 0.369. The molecule has 0 bridgehead atoms. The number of halogens is 2. The van der Waals surface area contributed by atoms with Crippen LogP contribution in [0, 0.1) is 17.6 Å². The van der Waals surface area contributed by atoms with Crippen molar-refractivity contribution in [2.75, 3.05) is 18.0 Å². The van der Waals surface area contributed by atoms with Gasteiger partial charge in [0.15, 0.2) is 0 Å². The number of benzene rings is 2. The van der Waals surface area contributed by atoms with Gasteiger partial charge in [-0.25, -0.2) is 8.78 Å². The van der Waals surface area contributed by atoms with Gasteiger partial charge < -0.3 is 4.90 Å². The molecule has 1 nitrogen and oxygen atoms in total. The number of hydrogen-bond acceptors (Lipinski definition) is 1. The van der Waals surface area contributed by atoms with E-state index in [1.807, 2.05) is 24.8 Å². The van der Waals surface area contributed by atoms with E-state index in [1.165, 1.54) is 30.5 Å². The van der Waals surface area contributed by atoms with Gasteiger partial charge in [0.1, 0.15) is 17.3 Å². The maximum Gasteiger partial charge on any atom is 0.149 e. The summed E-state index contributed by atoms with van der Waals surface area (Å²) < 4.78 is 28.9. The molecule has 26 heavy (non-hydrogen) atoms. The van der Waals surface area contributed by atoms with Crippen LogP contribution in [-0.4, -0.2) is 13.1 Å². The molecule has 0 saturated carbocycles. The van der Waals surface area contributed by atoms with Crippen LogP contribution in [-0.2, 0) is 6.42 Å². The molecule has 1 aliphatic rings. The van der Waals surface area contributed by atoms with Gasteiger partial charge in [-0.2, -0.15) is 0 Å². The van der Waals surface area contributed by atoms with Gasteiger partial charge in [-0.05, 0) is 67.2 Å². The Bertz CT molecular complexity index is 680. The third kappa shape index (κ3) is 4.63. The second-order valence-electron chi connectivity index (χ2n) is 7.80. The van der Waals surface area contributed by atoms with Gasteiger partial charge >= 0.3 is 0 Å². The first-order chi connectivity index (χ1) is 12.5. The van der Waals surface area contributed by atoms with Gasteiger partial charge in [-0.3, -0.25) is 0 Å². The summed E-state index contributed by atoms with van der Waals surface area (Å²) in [5, 5.41) is 0. The second kappa shape index (κ2) is 8.66. The van der Waals surface area contributed by atoms with Crippen LogP contribution in [0.3, 0.4) is 0 Å². The van der Waals surface area contributed by atoms with E-state index < -0.39 is 11.6 Å². The average molecular weight is 357 g/mol. The number of rotatable bonds is 6. The smallest absolute Gasteiger partial charge is 0.149 e. The first-order valence-corrected chi connectivity index (χ1v) is 9.82. The van der Waals surface area contributed by atoms with Gasteiger partial charge in [0.05, 0.1) is 0 Å². The molecule has 3 rings (SSSR count). The van der Waals surface area contributed by atoms with E-state index in [1.54, 1.807) is 0 Å². The highest BCUT2D eigenvalue weighted by atomic mass is 19.1. The third-order valence-electron chi connectivity index (χ3n) is 5.56. The summed E-state index contributed by atoms with van der Waals surface area (Å²) in [5.41, 5.74) is 2.27. The zero-order chi connectivity index (χ0) is 18.5. The van der Waals surface area contributed by atoms with E-state index in [4.69, 9.17) is 0 Å². The van der Waals surface area contributed by atoms with Crippen LogP contribution >= 0.6 is 0 Å². The quantitative estimate of drug-likeness (QED) is 0.584. The van der Waals surface area contributed by atoms with Crippen molar-refractivity contribution in [3.63, 3.8) is 0 Å². The summed E-state index contributed by atoms with van der Waals surface area (Å²) in [7, 11) is 0. The SMILES string of the molecule is CC(C)c1cc(F)c(N2CCC(CCCc3ccccc3)CC2)c(F)c1. The highest BCUT2D eigenvalue weighted by Gasteiger charge is 2.24. The van der Waals surface area contributed by atoms with Crippen molar-refractivity contribution in [2.24, 2.45) is 5.92 Å². The average Bonchev–Trinajstić information content (AvgIpc) is 2.63. The number of nitrogens with zero attached hydrogens (tertiary/aromatic N) is 1. The predicted octanol–water partition coefficient (Wildman–Crippen LogP) is 6.33. The molecule has 0 amide bonds. The number of aryl methyl sites for hydroxylation is 1. The van der Waals surface area contributed by atoms with Crippen LogP contribution in [0.4, 0.5) is 14.5 Å². The molecule has 0 atom stereocenters. The Labute approximate surface area is 156 Å². The lowest BCUT2D eigenvalue weighted by Crippen LogP contribution is -2.35. The van der Waals surface area contributed by atoms with Crippen LogP contribution in [0.15, 0.2) is 42.5 Å². The summed E-state index contributed by atoms with van der Waals surface area (Å²) in [6, 6.07) is 13.6. The molecular weight excluding hydrogens is 328 g/mol. The zero-order valence-electron chi connectivity index (χ0n) is 15.8. The van der Waals surface area contributed by atoms with Crippen molar-refractivity contribution >= 4 is 5.69 Å². The molecule has 1 fully saturated rings. The van der Waals surface area contributed by atoms with Gasteiger partial charge in [0.25, 0.3) is 0 Å². The minimum atomic E-state index is -0.420. The van der Waals surface area contributed by atoms with E-state index in [0.717, 1.165) is 37.9 Å². The molecule has 0 aliphatic carbocycles. The fourth-order valence-electron chi connectivity index (χ4n) is 3.91.